The maximum atomic E-state index is 12.6. The molecular weight excluding hydrogens is 399 g/mol. The van der Waals surface area contributed by atoms with Crippen molar-refractivity contribution < 1.29 is 19.1 Å². The van der Waals surface area contributed by atoms with Crippen LogP contribution >= 0.6 is 23.2 Å². The number of carbonyl (C=O) groups is 2. The van der Waals surface area contributed by atoms with Crippen LogP contribution in [0.25, 0.3) is 6.08 Å². The van der Waals surface area contributed by atoms with E-state index in [4.69, 9.17) is 32.7 Å². The first-order valence-electron chi connectivity index (χ1n) is 9.27. The molecule has 2 aliphatic rings. The lowest BCUT2D eigenvalue weighted by atomic mass is 9.89. The molecule has 0 amide bonds. The van der Waals surface area contributed by atoms with E-state index in [1.54, 1.807) is 36.4 Å². The van der Waals surface area contributed by atoms with Gasteiger partial charge in [0.1, 0.15) is 11.5 Å². The van der Waals surface area contributed by atoms with E-state index >= 15 is 0 Å². The number of benzene rings is 2. The Balaban J connectivity index is 1.54. The van der Waals surface area contributed by atoms with E-state index in [1.807, 2.05) is 0 Å². The summed E-state index contributed by atoms with van der Waals surface area (Å²) >= 11 is 12.3. The van der Waals surface area contributed by atoms with Crippen LogP contribution in [0.5, 0.6) is 11.5 Å². The van der Waals surface area contributed by atoms with Gasteiger partial charge >= 0.3 is 5.97 Å². The number of hydrogen-bond acceptors (Lipinski definition) is 4. The highest BCUT2D eigenvalue weighted by atomic mass is 35.5. The zero-order chi connectivity index (χ0) is 19.7. The van der Waals surface area contributed by atoms with Crippen molar-refractivity contribution in [2.75, 3.05) is 0 Å². The third kappa shape index (κ3) is 3.80. The van der Waals surface area contributed by atoms with Crippen molar-refractivity contribution in [3.63, 3.8) is 0 Å². The van der Waals surface area contributed by atoms with E-state index in [0.717, 1.165) is 25.7 Å². The number of allylic oxidation sites excluding steroid dienone is 1. The molecule has 0 aromatic heterocycles. The van der Waals surface area contributed by atoms with Crippen LogP contribution in [0.2, 0.25) is 10.0 Å². The van der Waals surface area contributed by atoms with Crippen LogP contribution in [0.1, 0.15) is 48.0 Å². The van der Waals surface area contributed by atoms with Crippen LogP contribution in [0.4, 0.5) is 0 Å². The van der Waals surface area contributed by atoms with Crippen LogP contribution in [0, 0.1) is 5.92 Å². The topological polar surface area (TPSA) is 52.6 Å². The van der Waals surface area contributed by atoms with E-state index in [9.17, 15) is 9.59 Å². The van der Waals surface area contributed by atoms with Crippen LogP contribution in [0.3, 0.4) is 0 Å². The molecule has 0 bridgehead atoms. The number of fused-ring (bicyclic) bond motifs is 1. The van der Waals surface area contributed by atoms with Crippen molar-refractivity contribution >= 4 is 41.0 Å². The minimum Gasteiger partial charge on any atom is -0.452 e. The van der Waals surface area contributed by atoms with Crippen LogP contribution in [-0.2, 0) is 4.79 Å². The molecule has 0 N–H and O–H groups in total. The molecule has 1 heterocycles. The molecule has 6 heteroatoms. The fourth-order valence-electron chi connectivity index (χ4n) is 3.55. The van der Waals surface area contributed by atoms with Gasteiger partial charge in [0.25, 0.3) is 0 Å². The molecule has 1 aliphatic carbocycles. The van der Waals surface area contributed by atoms with E-state index in [1.165, 1.54) is 12.5 Å². The van der Waals surface area contributed by atoms with Gasteiger partial charge in [0.05, 0.1) is 11.5 Å². The SMILES string of the molecule is O=C1C(=Cc2c(Cl)cccc2Cl)Oc2cc(OC(=O)C3CCCCC3)ccc21. The summed E-state index contributed by atoms with van der Waals surface area (Å²) in [6, 6.07) is 9.90. The average Bonchev–Trinajstić information content (AvgIpc) is 3.00. The van der Waals surface area contributed by atoms with Gasteiger partial charge in [-0.15, -0.1) is 0 Å². The second-order valence-electron chi connectivity index (χ2n) is 6.99. The molecule has 2 aromatic rings. The van der Waals surface area contributed by atoms with Gasteiger partial charge in [-0.25, -0.2) is 0 Å². The third-order valence-electron chi connectivity index (χ3n) is 5.07. The molecule has 4 rings (SSSR count). The van der Waals surface area contributed by atoms with Crippen LogP contribution in [0.15, 0.2) is 42.2 Å². The molecular formula is C22H18Cl2O4. The molecule has 0 atom stereocenters. The van der Waals surface area contributed by atoms with Gasteiger partial charge in [0.2, 0.25) is 5.78 Å². The third-order valence-corrected chi connectivity index (χ3v) is 5.73. The molecule has 0 radical (unpaired) electrons. The fourth-order valence-corrected chi connectivity index (χ4v) is 4.05. The molecule has 0 unspecified atom stereocenters. The van der Waals surface area contributed by atoms with Crippen molar-refractivity contribution in [3.8, 4) is 11.5 Å². The first kappa shape index (κ1) is 19.0. The number of hydrogen-bond donors (Lipinski definition) is 0. The van der Waals surface area contributed by atoms with Gasteiger partial charge in [-0.1, -0.05) is 48.5 Å². The normalized spacial score (nSPS) is 18.1. The van der Waals surface area contributed by atoms with Gasteiger partial charge < -0.3 is 9.47 Å². The quantitative estimate of drug-likeness (QED) is 0.344. The number of ether oxygens (including phenoxy) is 2. The second kappa shape index (κ2) is 7.98. The number of esters is 1. The summed E-state index contributed by atoms with van der Waals surface area (Å²) in [4.78, 5) is 25.0. The maximum Gasteiger partial charge on any atom is 0.314 e. The van der Waals surface area contributed by atoms with Crippen molar-refractivity contribution in [2.24, 2.45) is 5.92 Å². The highest BCUT2D eigenvalue weighted by Gasteiger charge is 2.29. The Bertz CT molecular complexity index is 954. The number of ketones is 1. The first-order chi connectivity index (χ1) is 13.5. The highest BCUT2D eigenvalue weighted by molar-refractivity contribution is 6.37. The van der Waals surface area contributed by atoms with Crippen molar-refractivity contribution in [3.05, 3.63) is 63.3 Å². The standard InChI is InChI=1S/C22H18Cl2O4/c23-17-7-4-8-18(24)16(17)12-20-21(25)15-10-9-14(11-19(15)28-20)27-22(26)13-5-2-1-3-6-13/h4,7-13H,1-3,5-6H2. The number of Topliss-reactive ketones (excluding diaryl/α,β-unsaturated/α-hetero) is 1. The Morgan fingerprint density at radius 3 is 2.50 bits per heavy atom. The summed E-state index contributed by atoms with van der Waals surface area (Å²) in [5, 5.41) is 0.851. The Kier molecular flexibility index (Phi) is 5.42. The smallest absolute Gasteiger partial charge is 0.314 e. The minimum atomic E-state index is -0.267. The van der Waals surface area contributed by atoms with E-state index in [2.05, 4.69) is 0 Å². The van der Waals surface area contributed by atoms with Crippen molar-refractivity contribution in [1.82, 2.24) is 0 Å². The lowest BCUT2D eigenvalue weighted by molar-refractivity contribution is -0.139. The predicted octanol–water partition coefficient (Wildman–Crippen LogP) is 6.10. The van der Waals surface area contributed by atoms with E-state index in [-0.39, 0.29) is 23.4 Å². The summed E-state index contributed by atoms with van der Waals surface area (Å²) in [5.41, 5.74) is 0.929. The van der Waals surface area contributed by atoms with Crippen molar-refractivity contribution in [2.45, 2.75) is 32.1 Å². The maximum absolute atomic E-state index is 12.6. The molecule has 0 spiro atoms. The molecule has 2 aromatic carbocycles. The van der Waals surface area contributed by atoms with Gasteiger partial charge in [-0.2, -0.15) is 0 Å². The molecule has 1 saturated carbocycles. The van der Waals surface area contributed by atoms with Crippen molar-refractivity contribution in [1.29, 1.82) is 0 Å². The molecule has 28 heavy (non-hydrogen) atoms. The summed E-state index contributed by atoms with van der Waals surface area (Å²) in [7, 11) is 0. The van der Waals surface area contributed by atoms with Gasteiger partial charge in [0, 0.05) is 21.7 Å². The number of rotatable bonds is 3. The summed E-state index contributed by atoms with van der Waals surface area (Å²) in [6.07, 6.45) is 6.54. The van der Waals surface area contributed by atoms with Gasteiger partial charge in [0.15, 0.2) is 5.76 Å². The highest BCUT2D eigenvalue weighted by Crippen LogP contribution is 2.37. The van der Waals surface area contributed by atoms with Crippen LogP contribution in [-0.4, -0.2) is 11.8 Å². The minimum absolute atomic E-state index is 0.0534. The molecule has 1 fully saturated rings. The summed E-state index contributed by atoms with van der Waals surface area (Å²) in [6.45, 7) is 0. The average molecular weight is 417 g/mol. The van der Waals surface area contributed by atoms with E-state index < -0.39 is 0 Å². The number of carbonyl (C=O) groups excluding carboxylic acids is 2. The van der Waals surface area contributed by atoms with Gasteiger partial charge in [-0.3, -0.25) is 9.59 Å². The Morgan fingerprint density at radius 1 is 1.07 bits per heavy atom. The molecule has 144 valence electrons. The number of halogens is 2. The zero-order valence-electron chi connectivity index (χ0n) is 15.0. The summed E-state index contributed by atoms with van der Waals surface area (Å²) in [5.74, 6) is 0.314. The largest absolute Gasteiger partial charge is 0.452 e. The summed E-state index contributed by atoms with van der Waals surface area (Å²) < 4.78 is 11.2. The Morgan fingerprint density at radius 2 is 1.79 bits per heavy atom. The predicted molar refractivity (Wildman–Crippen MR) is 108 cm³/mol. The molecule has 4 nitrogen and oxygen atoms in total. The van der Waals surface area contributed by atoms with E-state index in [0.29, 0.717) is 32.7 Å². The first-order valence-corrected chi connectivity index (χ1v) is 10.0. The lowest BCUT2D eigenvalue weighted by Crippen LogP contribution is -2.22. The second-order valence-corrected chi connectivity index (χ2v) is 7.80. The van der Waals surface area contributed by atoms with Gasteiger partial charge in [-0.05, 0) is 43.2 Å². The lowest BCUT2D eigenvalue weighted by Gasteiger charge is -2.19. The Labute approximate surface area is 173 Å². The van der Waals surface area contributed by atoms with Crippen LogP contribution < -0.4 is 9.47 Å². The zero-order valence-corrected chi connectivity index (χ0v) is 16.6. The molecule has 0 saturated heterocycles. The monoisotopic (exact) mass is 416 g/mol. The fraction of sp³-hybridized carbons (Fsp3) is 0.273. The Hall–Kier alpha value is -2.30. The molecule has 1 aliphatic heterocycles.